The Morgan fingerprint density at radius 2 is 2.18 bits per heavy atom. The fraction of sp³-hybridized carbons (Fsp3) is 0.385. The van der Waals surface area contributed by atoms with E-state index in [-0.39, 0.29) is 0 Å². The van der Waals surface area contributed by atoms with E-state index in [2.05, 4.69) is 22.4 Å². The van der Waals surface area contributed by atoms with Crippen LogP contribution in [-0.2, 0) is 17.7 Å². The van der Waals surface area contributed by atoms with Crippen LogP contribution in [0.15, 0.2) is 34.9 Å². The third-order valence-electron chi connectivity index (χ3n) is 2.55. The van der Waals surface area contributed by atoms with Crippen molar-refractivity contribution in [1.29, 1.82) is 0 Å². The number of methoxy groups -OCH3 is 1. The van der Waals surface area contributed by atoms with Crippen LogP contribution >= 0.6 is 0 Å². The van der Waals surface area contributed by atoms with Gasteiger partial charge in [0.2, 0.25) is 0 Å². The number of nitrogens with one attached hydrogen (secondary N) is 2. The molecular formula is C13H18N2O2. The van der Waals surface area contributed by atoms with Gasteiger partial charge in [-0.25, -0.2) is 0 Å². The molecule has 17 heavy (non-hydrogen) atoms. The van der Waals surface area contributed by atoms with E-state index >= 15 is 0 Å². The molecule has 2 aromatic heterocycles. The standard InChI is InChI=1S/C13H18N2O2/c1-16-8-6-14-10-12-5-4-11(15-12)9-13-3-2-7-17-13/h2-5,7,14-15H,6,8-10H2,1H3. The molecule has 2 aromatic rings. The molecule has 0 radical (unpaired) electrons. The highest BCUT2D eigenvalue weighted by Crippen LogP contribution is 2.09. The van der Waals surface area contributed by atoms with Crippen molar-refractivity contribution in [1.82, 2.24) is 10.3 Å². The molecule has 0 aliphatic rings. The first kappa shape index (κ1) is 12.0. The molecule has 92 valence electrons. The number of rotatable bonds is 7. The summed E-state index contributed by atoms with van der Waals surface area (Å²) < 4.78 is 10.3. The fourth-order valence-electron chi connectivity index (χ4n) is 1.70. The molecule has 0 spiro atoms. The summed E-state index contributed by atoms with van der Waals surface area (Å²) in [5, 5.41) is 3.30. The number of ether oxygens (including phenoxy) is 1. The maximum absolute atomic E-state index is 5.31. The summed E-state index contributed by atoms with van der Waals surface area (Å²) in [5.41, 5.74) is 2.35. The molecule has 0 atom stereocenters. The Balaban J connectivity index is 1.79. The van der Waals surface area contributed by atoms with Crippen LogP contribution in [0.5, 0.6) is 0 Å². The second-order valence-electron chi connectivity index (χ2n) is 3.93. The third kappa shape index (κ3) is 3.76. The van der Waals surface area contributed by atoms with Crippen LogP contribution in [0.3, 0.4) is 0 Å². The summed E-state index contributed by atoms with van der Waals surface area (Å²) in [6.45, 7) is 2.44. The average Bonchev–Trinajstić information content (AvgIpc) is 2.97. The van der Waals surface area contributed by atoms with Crippen LogP contribution in [0.2, 0.25) is 0 Å². The number of hydrogen-bond donors (Lipinski definition) is 2. The molecule has 0 aliphatic heterocycles. The fourth-order valence-corrected chi connectivity index (χ4v) is 1.70. The maximum atomic E-state index is 5.31. The SMILES string of the molecule is COCCNCc1ccc(Cc2ccco2)[nH]1. The van der Waals surface area contributed by atoms with Gasteiger partial charge in [-0.2, -0.15) is 0 Å². The molecule has 0 saturated carbocycles. The van der Waals surface area contributed by atoms with Crippen LogP contribution in [-0.4, -0.2) is 25.2 Å². The van der Waals surface area contributed by atoms with Crippen LogP contribution in [0, 0.1) is 0 Å². The average molecular weight is 234 g/mol. The van der Waals surface area contributed by atoms with Gasteiger partial charge >= 0.3 is 0 Å². The van der Waals surface area contributed by atoms with E-state index in [0.29, 0.717) is 0 Å². The Hall–Kier alpha value is -1.52. The van der Waals surface area contributed by atoms with E-state index in [1.54, 1.807) is 13.4 Å². The minimum Gasteiger partial charge on any atom is -0.469 e. The number of hydrogen-bond acceptors (Lipinski definition) is 3. The van der Waals surface area contributed by atoms with E-state index in [1.807, 2.05) is 12.1 Å². The number of aromatic amines is 1. The second-order valence-corrected chi connectivity index (χ2v) is 3.93. The van der Waals surface area contributed by atoms with Gasteiger partial charge in [0.1, 0.15) is 5.76 Å². The van der Waals surface area contributed by atoms with E-state index < -0.39 is 0 Å². The van der Waals surface area contributed by atoms with Gasteiger partial charge in [0.15, 0.2) is 0 Å². The maximum Gasteiger partial charge on any atom is 0.109 e. The quantitative estimate of drug-likeness (QED) is 0.720. The number of furan rings is 1. The third-order valence-corrected chi connectivity index (χ3v) is 2.55. The molecule has 0 amide bonds. The Labute approximate surface area is 101 Å². The van der Waals surface area contributed by atoms with Gasteiger partial charge in [-0.05, 0) is 24.3 Å². The Morgan fingerprint density at radius 3 is 2.94 bits per heavy atom. The van der Waals surface area contributed by atoms with Crippen molar-refractivity contribution < 1.29 is 9.15 Å². The smallest absolute Gasteiger partial charge is 0.109 e. The van der Waals surface area contributed by atoms with Crippen LogP contribution in [0.25, 0.3) is 0 Å². The van der Waals surface area contributed by atoms with Gasteiger partial charge in [0.25, 0.3) is 0 Å². The Morgan fingerprint density at radius 1 is 1.29 bits per heavy atom. The molecule has 0 fully saturated rings. The molecule has 0 unspecified atom stereocenters. The highest BCUT2D eigenvalue weighted by Gasteiger charge is 2.01. The lowest BCUT2D eigenvalue weighted by molar-refractivity contribution is 0.199. The first-order valence-corrected chi connectivity index (χ1v) is 5.77. The van der Waals surface area contributed by atoms with Gasteiger partial charge in [0, 0.05) is 38.0 Å². The van der Waals surface area contributed by atoms with E-state index in [1.165, 1.54) is 11.4 Å². The molecule has 2 heterocycles. The summed E-state index contributed by atoms with van der Waals surface area (Å²) in [7, 11) is 1.71. The Kier molecular flexibility index (Phi) is 4.41. The highest BCUT2D eigenvalue weighted by atomic mass is 16.5. The van der Waals surface area contributed by atoms with Crippen molar-refractivity contribution in [2.75, 3.05) is 20.3 Å². The molecule has 0 aliphatic carbocycles. The van der Waals surface area contributed by atoms with Gasteiger partial charge in [-0.1, -0.05) is 0 Å². The topological polar surface area (TPSA) is 50.2 Å². The van der Waals surface area contributed by atoms with Crippen molar-refractivity contribution >= 4 is 0 Å². The zero-order valence-electron chi connectivity index (χ0n) is 10.0. The summed E-state index contributed by atoms with van der Waals surface area (Å²) >= 11 is 0. The number of aromatic nitrogens is 1. The van der Waals surface area contributed by atoms with Gasteiger partial charge in [-0.15, -0.1) is 0 Å². The van der Waals surface area contributed by atoms with Gasteiger partial charge < -0.3 is 19.5 Å². The molecule has 2 N–H and O–H groups in total. The van der Waals surface area contributed by atoms with Crippen molar-refractivity contribution in [3.8, 4) is 0 Å². The zero-order valence-corrected chi connectivity index (χ0v) is 10.0. The first-order chi connectivity index (χ1) is 8.38. The largest absolute Gasteiger partial charge is 0.469 e. The summed E-state index contributed by atoms with van der Waals surface area (Å²) in [4.78, 5) is 3.37. The minimum absolute atomic E-state index is 0.736. The van der Waals surface area contributed by atoms with Crippen LogP contribution < -0.4 is 5.32 Å². The predicted molar refractivity (Wildman–Crippen MR) is 65.9 cm³/mol. The zero-order chi connectivity index (χ0) is 11.9. The van der Waals surface area contributed by atoms with Gasteiger partial charge in [0.05, 0.1) is 12.9 Å². The predicted octanol–water partition coefficient (Wildman–Crippen LogP) is 1.93. The lowest BCUT2D eigenvalue weighted by atomic mass is 10.2. The molecule has 4 heteroatoms. The normalized spacial score (nSPS) is 10.9. The van der Waals surface area contributed by atoms with Crippen molar-refractivity contribution in [3.05, 3.63) is 47.7 Å². The summed E-state index contributed by atoms with van der Waals surface area (Å²) in [6.07, 6.45) is 2.51. The first-order valence-electron chi connectivity index (χ1n) is 5.77. The van der Waals surface area contributed by atoms with E-state index in [0.717, 1.165) is 31.9 Å². The van der Waals surface area contributed by atoms with Crippen LogP contribution in [0.1, 0.15) is 17.1 Å². The van der Waals surface area contributed by atoms with E-state index in [4.69, 9.17) is 9.15 Å². The Bertz CT molecular complexity index is 420. The van der Waals surface area contributed by atoms with Crippen LogP contribution in [0.4, 0.5) is 0 Å². The van der Waals surface area contributed by atoms with Crippen molar-refractivity contribution in [2.24, 2.45) is 0 Å². The number of H-pyrrole nitrogens is 1. The monoisotopic (exact) mass is 234 g/mol. The van der Waals surface area contributed by atoms with E-state index in [9.17, 15) is 0 Å². The van der Waals surface area contributed by atoms with Gasteiger partial charge in [-0.3, -0.25) is 0 Å². The summed E-state index contributed by atoms with van der Waals surface area (Å²) in [6, 6.07) is 8.08. The minimum atomic E-state index is 0.736. The lowest BCUT2D eigenvalue weighted by Gasteiger charge is -2.01. The molecule has 4 nitrogen and oxygen atoms in total. The second kappa shape index (κ2) is 6.27. The summed E-state index contributed by atoms with van der Waals surface area (Å²) in [5.74, 6) is 0.978. The molecular weight excluding hydrogens is 216 g/mol. The lowest BCUT2D eigenvalue weighted by Crippen LogP contribution is -2.18. The molecule has 0 saturated heterocycles. The molecule has 0 bridgehead atoms. The highest BCUT2D eigenvalue weighted by molar-refractivity contribution is 5.18. The van der Waals surface area contributed by atoms with Crippen molar-refractivity contribution in [2.45, 2.75) is 13.0 Å². The molecule has 2 rings (SSSR count). The molecule has 0 aromatic carbocycles. The van der Waals surface area contributed by atoms with Crippen molar-refractivity contribution in [3.63, 3.8) is 0 Å².